The van der Waals surface area contributed by atoms with E-state index in [2.05, 4.69) is 40.0 Å². The Morgan fingerprint density at radius 1 is 1.30 bits per heavy atom. The summed E-state index contributed by atoms with van der Waals surface area (Å²) in [6, 6.07) is 6.22. The Morgan fingerprint density at radius 3 is 2.67 bits per heavy atom. The Balaban J connectivity index is 1.84. The maximum Gasteiger partial charge on any atom is 0.263 e. The van der Waals surface area contributed by atoms with E-state index in [4.69, 9.17) is 9.47 Å². The minimum absolute atomic E-state index is 0.122. The molecule has 0 bridgehead atoms. The summed E-state index contributed by atoms with van der Waals surface area (Å²) in [6.07, 6.45) is 0. The molecule has 1 aliphatic rings. The maximum absolute atomic E-state index is 12.8. The van der Waals surface area contributed by atoms with Gasteiger partial charge in [0.15, 0.2) is 0 Å². The number of nitriles is 1. The largest absolute Gasteiger partial charge is 0.492 e. The highest BCUT2D eigenvalue weighted by atomic mass is 32.1. The SMILES string of the molecule is CCOc1c(-c2nc(C)c(C(=O)NCCN3CCOCC3)s2)ccc(N(CC)CC)c1C#N. The number of ether oxygens (including phenoxy) is 2. The molecule has 0 unspecified atom stereocenters. The molecule has 1 aromatic heterocycles. The zero-order valence-electron chi connectivity index (χ0n) is 19.9. The minimum Gasteiger partial charge on any atom is -0.492 e. The quantitative estimate of drug-likeness (QED) is 0.569. The Kier molecular flexibility index (Phi) is 9.06. The Hall–Kier alpha value is -2.67. The summed E-state index contributed by atoms with van der Waals surface area (Å²) in [6.45, 7) is 14.5. The first kappa shape index (κ1) is 25.0. The molecule has 2 heterocycles. The van der Waals surface area contributed by atoms with E-state index in [1.165, 1.54) is 11.3 Å². The fraction of sp³-hybridized carbons (Fsp3) is 0.542. The number of hydrogen-bond donors (Lipinski definition) is 1. The Morgan fingerprint density at radius 2 is 2.03 bits per heavy atom. The van der Waals surface area contributed by atoms with Crippen LogP contribution in [0.1, 0.15) is 41.7 Å². The van der Waals surface area contributed by atoms with Gasteiger partial charge in [-0.2, -0.15) is 5.26 Å². The highest BCUT2D eigenvalue weighted by Crippen LogP contribution is 2.40. The summed E-state index contributed by atoms with van der Waals surface area (Å²) in [5.41, 5.74) is 2.77. The fourth-order valence-corrected chi connectivity index (χ4v) is 4.93. The topological polar surface area (TPSA) is 90.7 Å². The lowest BCUT2D eigenvalue weighted by Gasteiger charge is -2.26. The molecule has 0 radical (unpaired) electrons. The number of amides is 1. The van der Waals surface area contributed by atoms with Gasteiger partial charge in [0.2, 0.25) is 0 Å². The first-order valence-electron chi connectivity index (χ1n) is 11.5. The third kappa shape index (κ3) is 5.82. The Labute approximate surface area is 200 Å². The van der Waals surface area contributed by atoms with Crippen LogP contribution in [0.2, 0.25) is 0 Å². The number of nitrogens with one attached hydrogen (secondary N) is 1. The number of anilines is 1. The van der Waals surface area contributed by atoms with Gasteiger partial charge in [0.25, 0.3) is 5.91 Å². The maximum atomic E-state index is 12.8. The molecule has 0 spiro atoms. The number of rotatable bonds is 10. The van der Waals surface area contributed by atoms with E-state index >= 15 is 0 Å². The monoisotopic (exact) mass is 471 g/mol. The van der Waals surface area contributed by atoms with Crippen LogP contribution in [0.25, 0.3) is 10.6 Å². The van der Waals surface area contributed by atoms with E-state index in [9.17, 15) is 10.1 Å². The van der Waals surface area contributed by atoms with Crippen molar-refractivity contribution in [2.75, 3.05) is 64.0 Å². The van der Waals surface area contributed by atoms with E-state index in [0.717, 1.165) is 57.2 Å². The average Bonchev–Trinajstić information content (AvgIpc) is 3.22. The summed E-state index contributed by atoms with van der Waals surface area (Å²) in [7, 11) is 0. The van der Waals surface area contributed by atoms with Gasteiger partial charge in [-0.3, -0.25) is 9.69 Å². The van der Waals surface area contributed by atoms with Crippen molar-refractivity contribution in [3.8, 4) is 22.4 Å². The van der Waals surface area contributed by atoms with Crippen LogP contribution in [0.3, 0.4) is 0 Å². The lowest BCUT2D eigenvalue weighted by molar-refractivity contribution is 0.0383. The molecule has 1 saturated heterocycles. The van der Waals surface area contributed by atoms with Crippen molar-refractivity contribution in [1.29, 1.82) is 5.26 Å². The molecule has 3 rings (SSSR count). The standard InChI is InChI=1S/C24H33N5O3S/c1-5-29(6-2)20-9-8-18(21(32-7-3)19(20)16-25)24-27-17(4)22(33-24)23(30)26-10-11-28-12-14-31-15-13-28/h8-9H,5-7,10-15H2,1-4H3,(H,26,30). The molecule has 1 amide bonds. The van der Waals surface area contributed by atoms with Crippen LogP contribution in [-0.2, 0) is 4.74 Å². The van der Waals surface area contributed by atoms with Gasteiger partial charge < -0.3 is 19.7 Å². The van der Waals surface area contributed by atoms with Crippen LogP contribution in [-0.4, -0.2) is 74.9 Å². The molecule has 0 atom stereocenters. The molecule has 1 aliphatic heterocycles. The second-order valence-corrected chi connectivity index (χ2v) is 8.70. The highest BCUT2D eigenvalue weighted by Gasteiger charge is 2.23. The van der Waals surface area contributed by atoms with Crippen molar-refractivity contribution in [2.45, 2.75) is 27.7 Å². The number of morpholine rings is 1. The minimum atomic E-state index is -0.122. The molecule has 1 N–H and O–H groups in total. The van der Waals surface area contributed by atoms with Crippen molar-refractivity contribution in [1.82, 2.24) is 15.2 Å². The summed E-state index contributed by atoms with van der Waals surface area (Å²) < 4.78 is 11.3. The average molecular weight is 472 g/mol. The van der Waals surface area contributed by atoms with Crippen LogP contribution in [0.5, 0.6) is 5.75 Å². The normalized spacial score (nSPS) is 14.0. The zero-order valence-corrected chi connectivity index (χ0v) is 20.8. The summed E-state index contributed by atoms with van der Waals surface area (Å²) in [5, 5.41) is 13.6. The van der Waals surface area contributed by atoms with Gasteiger partial charge in [-0.15, -0.1) is 11.3 Å². The third-order valence-electron chi connectivity index (χ3n) is 5.69. The summed E-state index contributed by atoms with van der Waals surface area (Å²) in [4.78, 5) is 22.5. The molecule has 0 aliphatic carbocycles. The Bertz CT molecular complexity index is 991. The van der Waals surface area contributed by atoms with E-state index in [0.29, 0.717) is 40.0 Å². The number of carbonyl (C=O) groups is 1. The highest BCUT2D eigenvalue weighted by molar-refractivity contribution is 7.17. The van der Waals surface area contributed by atoms with Crippen molar-refractivity contribution in [3.63, 3.8) is 0 Å². The second kappa shape index (κ2) is 12.0. The van der Waals surface area contributed by atoms with Crippen molar-refractivity contribution in [2.24, 2.45) is 0 Å². The molecule has 8 nitrogen and oxygen atoms in total. The molecular weight excluding hydrogens is 438 g/mol. The van der Waals surface area contributed by atoms with Crippen LogP contribution < -0.4 is 15.0 Å². The lowest BCUT2D eigenvalue weighted by atomic mass is 10.1. The number of benzene rings is 1. The molecule has 0 saturated carbocycles. The number of aryl methyl sites for hydroxylation is 1. The van der Waals surface area contributed by atoms with Crippen molar-refractivity contribution in [3.05, 3.63) is 28.3 Å². The number of hydrogen-bond acceptors (Lipinski definition) is 8. The summed E-state index contributed by atoms with van der Waals surface area (Å²) >= 11 is 1.33. The van der Waals surface area contributed by atoms with E-state index in [1.54, 1.807) is 0 Å². The molecule has 33 heavy (non-hydrogen) atoms. The van der Waals surface area contributed by atoms with Crippen molar-refractivity contribution < 1.29 is 14.3 Å². The van der Waals surface area contributed by atoms with Gasteiger partial charge >= 0.3 is 0 Å². The first-order chi connectivity index (χ1) is 16.0. The third-order valence-corrected chi connectivity index (χ3v) is 6.88. The van der Waals surface area contributed by atoms with Gasteiger partial charge in [-0.25, -0.2) is 4.98 Å². The van der Waals surface area contributed by atoms with Gasteiger partial charge in [-0.1, -0.05) is 0 Å². The van der Waals surface area contributed by atoms with Crippen LogP contribution in [0, 0.1) is 18.3 Å². The van der Waals surface area contributed by atoms with Crippen molar-refractivity contribution >= 4 is 22.9 Å². The van der Waals surface area contributed by atoms with Crippen LogP contribution in [0.15, 0.2) is 12.1 Å². The summed E-state index contributed by atoms with van der Waals surface area (Å²) in [5.74, 6) is 0.403. The van der Waals surface area contributed by atoms with Crippen LogP contribution >= 0.6 is 11.3 Å². The fourth-order valence-electron chi connectivity index (χ4n) is 3.93. The lowest BCUT2D eigenvalue weighted by Crippen LogP contribution is -2.41. The molecule has 1 fully saturated rings. The van der Waals surface area contributed by atoms with E-state index in [1.807, 2.05) is 26.0 Å². The number of carbonyl (C=O) groups excluding carboxylic acids is 1. The first-order valence-corrected chi connectivity index (χ1v) is 12.4. The molecule has 2 aromatic rings. The number of thiazole rings is 1. The number of nitrogens with zero attached hydrogens (tertiary/aromatic N) is 4. The smallest absolute Gasteiger partial charge is 0.263 e. The molecule has 9 heteroatoms. The predicted molar refractivity (Wildman–Crippen MR) is 131 cm³/mol. The van der Waals surface area contributed by atoms with E-state index in [-0.39, 0.29) is 5.91 Å². The second-order valence-electron chi connectivity index (χ2n) is 7.70. The number of aromatic nitrogens is 1. The molecular formula is C24H33N5O3S. The van der Waals surface area contributed by atoms with Gasteiger partial charge in [0, 0.05) is 39.3 Å². The van der Waals surface area contributed by atoms with Crippen LogP contribution in [0.4, 0.5) is 5.69 Å². The zero-order chi connectivity index (χ0) is 23.8. The molecule has 178 valence electrons. The van der Waals surface area contributed by atoms with Gasteiger partial charge in [-0.05, 0) is 39.8 Å². The van der Waals surface area contributed by atoms with Gasteiger partial charge in [0.05, 0.1) is 36.8 Å². The van der Waals surface area contributed by atoms with Gasteiger partial charge in [0.1, 0.15) is 27.3 Å². The van der Waals surface area contributed by atoms with E-state index < -0.39 is 0 Å². The predicted octanol–water partition coefficient (Wildman–Crippen LogP) is 3.30. The molecule has 1 aromatic carbocycles.